The number of benzene rings is 1. The van der Waals surface area contributed by atoms with Gasteiger partial charge in [0.1, 0.15) is 0 Å². The van der Waals surface area contributed by atoms with Gasteiger partial charge in [0.15, 0.2) is 0 Å². The Morgan fingerprint density at radius 3 is 1.64 bits per heavy atom. The Labute approximate surface area is 70.7 Å². The van der Waals surface area contributed by atoms with Gasteiger partial charge in [-0.1, -0.05) is 36.4 Å². The smallest absolute Gasteiger partial charge is 0.0592 e. The molecule has 1 heteroatoms. The Morgan fingerprint density at radius 1 is 1.09 bits per heavy atom. The molecule has 0 amide bonds. The molecule has 0 nitrogen and oxygen atoms in total. The molecule has 0 N–H and O–H groups in total. The molecule has 0 fully saturated rings. The van der Waals surface area contributed by atoms with Crippen LogP contribution in [0.25, 0.3) is 12.2 Å². The fraction of sp³-hybridized carbons (Fsp3) is 0. The van der Waals surface area contributed by atoms with Crippen molar-refractivity contribution in [2.75, 3.05) is 0 Å². The summed E-state index contributed by atoms with van der Waals surface area (Å²) in [7, 11) is 2.95. The molecule has 0 unspecified atom stereocenters. The van der Waals surface area contributed by atoms with E-state index in [0.717, 1.165) is 0 Å². The highest BCUT2D eigenvalue weighted by atomic mass is 28.1. The van der Waals surface area contributed by atoms with Crippen molar-refractivity contribution in [2.24, 2.45) is 0 Å². The van der Waals surface area contributed by atoms with Gasteiger partial charge in [-0.25, -0.2) is 0 Å². The first-order valence-electron chi connectivity index (χ1n) is 3.43. The van der Waals surface area contributed by atoms with Crippen LogP contribution >= 0.6 is 0 Å². The fourth-order valence-corrected chi connectivity index (χ4v) is 0.898. The zero-order valence-electron chi connectivity index (χ0n) is 6.25. The lowest BCUT2D eigenvalue weighted by Crippen LogP contribution is -1.85. The van der Waals surface area contributed by atoms with Crippen LogP contribution in [0.4, 0.5) is 0 Å². The normalized spacial score (nSPS) is 10.3. The third-order valence-electron chi connectivity index (χ3n) is 1.44. The van der Waals surface area contributed by atoms with E-state index >= 15 is 0 Å². The second-order valence-corrected chi connectivity index (χ2v) is 2.57. The minimum absolute atomic E-state index is 1.37. The monoisotopic (exact) mass is 157 g/mol. The number of hydrogen-bond acceptors (Lipinski definition) is 0. The maximum absolute atomic E-state index is 3.27. The summed E-state index contributed by atoms with van der Waals surface area (Å²) < 4.78 is 0. The predicted molar refractivity (Wildman–Crippen MR) is 51.3 cm³/mol. The van der Waals surface area contributed by atoms with E-state index in [-0.39, 0.29) is 0 Å². The molecule has 0 bridgehead atoms. The first-order chi connectivity index (χ1) is 5.38. The van der Waals surface area contributed by atoms with Gasteiger partial charge in [-0.3, -0.25) is 0 Å². The van der Waals surface area contributed by atoms with E-state index in [1.54, 1.807) is 5.70 Å². The average Bonchev–Trinajstić information content (AvgIpc) is 1.94. The molecular weight excluding hydrogens is 148 g/mol. The van der Waals surface area contributed by atoms with Crippen molar-refractivity contribution in [3.05, 3.63) is 47.7 Å². The van der Waals surface area contributed by atoms with Gasteiger partial charge in [0, 0.05) is 0 Å². The van der Waals surface area contributed by atoms with E-state index in [1.807, 2.05) is 0 Å². The molecule has 0 spiro atoms. The summed E-state index contributed by atoms with van der Waals surface area (Å²) in [6.07, 6.45) is 4.24. The van der Waals surface area contributed by atoms with Crippen molar-refractivity contribution < 1.29 is 0 Å². The summed E-state index contributed by atoms with van der Waals surface area (Å²) >= 11 is 0. The number of hydrogen-bond donors (Lipinski definition) is 0. The molecule has 0 atom stereocenters. The molecule has 53 valence electrons. The van der Waals surface area contributed by atoms with Crippen LogP contribution in [0.15, 0.2) is 36.5 Å². The Kier molecular flexibility index (Phi) is 2.87. The molecule has 0 saturated heterocycles. The Morgan fingerprint density at radius 2 is 1.45 bits per heavy atom. The van der Waals surface area contributed by atoms with Crippen molar-refractivity contribution in [1.82, 2.24) is 0 Å². The minimum Gasteiger partial charge on any atom is -0.109 e. The SMILES string of the molecule is C1=Cc2ccccc21.C=C[Si]. The number of fused-ring (bicyclic) bond motifs is 1. The summed E-state index contributed by atoms with van der Waals surface area (Å²) in [6.45, 7) is 3.27. The van der Waals surface area contributed by atoms with E-state index in [2.05, 4.69) is 53.2 Å². The van der Waals surface area contributed by atoms with Crippen LogP contribution in [0.1, 0.15) is 11.1 Å². The van der Waals surface area contributed by atoms with Gasteiger partial charge in [0.25, 0.3) is 0 Å². The van der Waals surface area contributed by atoms with Gasteiger partial charge >= 0.3 is 0 Å². The van der Waals surface area contributed by atoms with E-state index in [0.29, 0.717) is 0 Å². The molecule has 2 rings (SSSR count). The predicted octanol–water partition coefficient (Wildman–Crippen LogP) is 2.47. The molecular formula is C10H9Si. The highest BCUT2D eigenvalue weighted by molar-refractivity contribution is 6.16. The molecule has 1 aromatic rings. The van der Waals surface area contributed by atoms with E-state index < -0.39 is 0 Å². The second kappa shape index (κ2) is 3.94. The lowest BCUT2D eigenvalue weighted by Gasteiger charge is -2.06. The number of rotatable bonds is 0. The zero-order valence-corrected chi connectivity index (χ0v) is 7.25. The van der Waals surface area contributed by atoms with Crippen LogP contribution in [-0.4, -0.2) is 10.2 Å². The summed E-state index contributed by atoms with van der Waals surface area (Å²) in [4.78, 5) is 0. The molecule has 1 aliphatic carbocycles. The highest BCUT2D eigenvalue weighted by Crippen LogP contribution is 2.21. The van der Waals surface area contributed by atoms with Crippen LogP contribution in [0.3, 0.4) is 0 Å². The van der Waals surface area contributed by atoms with Gasteiger partial charge in [0.2, 0.25) is 0 Å². The molecule has 0 aliphatic heterocycles. The Balaban J connectivity index is 0.000000179. The first-order valence-corrected chi connectivity index (χ1v) is 4.01. The van der Waals surface area contributed by atoms with Gasteiger partial charge in [-0.2, -0.15) is 0 Å². The maximum Gasteiger partial charge on any atom is 0.0592 e. The van der Waals surface area contributed by atoms with Gasteiger partial charge in [-0.15, -0.1) is 12.3 Å². The second-order valence-electron chi connectivity index (χ2n) is 2.17. The van der Waals surface area contributed by atoms with E-state index in [9.17, 15) is 0 Å². The Bertz CT molecular complexity index is 249. The quantitative estimate of drug-likeness (QED) is 0.515. The van der Waals surface area contributed by atoms with Gasteiger partial charge in [0.05, 0.1) is 10.2 Å². The third-order valence-corrected chi connectivity index (χ3v) is 1.44. The first kappa shape index (κ1) is 8.02. The minimum atomic E-state index is 1.37. The van der Waals surface area contributed by atoms with E-state index in [1.165, 1.54) is 11.1 Å². The van der Waals surface area contributed by atoms with Crippen LogP contribution in [0, 0.1) is 0 Å². The molecule has 0 aromatic heterocycles. The van der Waals surface area contributed by atoms with Crippen molar-refractivity contribution in [3.63, 3.8) is 0 Å². The van der Waals surface area contributed by atoms with Crippen LogP contribution in [0.5, 0.6) is 0 Å². The van der Waals surface area contributed by atoms with Crippen molar-refractivity contribution in [1.29, 1.82) is 0 Å². The van der Waals surface area contributed by atoms with Crippen molar-refractivity contribution >= 4 is 22.4 Å². The molecule has 1 aliphatic rings. The summed E-state index contributed by atoms with van der Waals surface area (Å²) in [6, 6.07) is 8.36. The maximum atomic E-state index is 3.27. The van der Waals surface area contributed by atoms with Crippen molar-refractivity contribution in [3.8, 4) is 0 Å². The molecule has 1 aromatic carbocycles. The lowest BCUT2D eigenvalue weighted by molar-refractivity contribution is 1.58. The largest absolute Gasteiger partial charge is 0.109 e. The molecule has 11 heavy (non-hydrogen) atoms. The van der Waals surface area contributed by atoms with Gasteiger partial charge < -0.3 is 0 Å². The highest BCUT2D eigenvalue weighted by Gasteiger charge is 1.99. The zero-order chi connectivity index (χ0) is 8.10. The van der Waals surface area contributed by atoms with Crippen LogP contribution in [0.2, 0.25) is 0 Å². The topological polar surface area (TPSA) is 0 Å². The van der Waals surface area contributed by atoms with Crippen LogP contribution < -0.4 is 0 Å². The third kappa shape index (κ3) is 1.92. The standard InChI is InChI=1S/C8H6.C2H3Si/c1-2-4-8-6-5-7(8)3-1;1-2-3/h1-6H;2H,1H2. The molecule has 0 heterocycles. The summed E-state index contributed by atoms with van der Waals surface area (Å²) in [5, 5.41) is 0. The Hall–Kier alpha value is -1.08. The average molecular weight is 157 g/mol. The molecule has 3 radical (unpaired) electrons. The van der Waals surface area contributed by atoms with Crippen molar-refractivity contribution in [2.45, 2.75) is 0 Å². The summed E-state index contributed by atoms with van der Waals surface area (Å²) in [5.74, 6) is 0. The lowest BCUT2D eigenvalue weighted by atomic mass is 9.99. The van der Waals surface area contributed by atoms with Gasteiger partial charge in [-0.05, 0) is 11.1 Å². The van der Waals surface area contributed by atoms with E-state index in [4.69, 9.17) is 0 Å². The van der Waals surface area contributed by atoms with Crippen LogP contribution in [-0.2, 0) is 0 Å². The molecule has 0 saturated carbocycles. The fourth-order valence-electron chi connectivity index (χ4n) is 0.898. The summed E-state index contributed by atoms with van der Waals surface area (Å²) in [5.41, 5.74) is 4.29.